The summed E-state index contributed by atoms with van der Waals surface area (Å²) >= 11 is 0. The Kier molecular flexibility index (Phi) is 8.76. The SMILES string of the molecule is C=C(/C=C\C=C(/C)S(=O)(=O)N1CCCCCC1)CC(=O)Nc1ccc(C)cc1C(=O)O. The van der Waals surface area contributed by atoms with Crippen LogP contribution in [0.15, 0.2) is 53.5 Å². The quantitative estimate of drug-likeness (QED) is 0.581. The van der Waals surface area contributed by atoms with Gasteiger partial charge in [0, 0.05) is 13.1 Å². The van der Waals surface area contributed by atoms with Gasteiger partial charge in [0.1, 0.15) is 0 Å². The number of hydrogen-bond acceptors (Lipinski definition) is 4. The molecule has 1 fully saturated rings. The summed E-state index contributed by atoms with van der Waals surface area (Å²) < 4.78 is 26.9. The van der Waals surface area contributed by atoms with E-state index in [0.717, 1.165) is 31.2 Å². The van der Waals surface area contributed by atoms with Crippen LogP contribution >= 0.6 is 0 Å². The van der Waals surface area contributed by atoms with Gasteiger partial charge in [0.05, 0.1) is 22.6 Å². The highest BCUT2D eigenvalue weighted by atomic mass is 32.2. The third kappa shape index (κ3) is 7.18. The maximum atomic E-state index is 12.7. The van der Waals surface area contributed by atoms with Crippen LogP contribution < -0.4 is 5.32 Å². The summed E-state index contributed by atoms with van der Waals surface area (Å²) in [4.78, 5) is 23.9. The molecule has 0 aromatic heterocycles. The van der Waals surface area contributed by atoms with Gasteiger partial charge in [-0.05, 0) is 50.5 Å². The molecule has 1 aliphatic rings. The number of sulfonamides is 1. The number of carboxylic acid groups (broad SMARTS) is 1. The number of carboxylic acids is 1. The second-order valence-electron chi connectivity index (χ2n) is 7.69. The number of benzene rings is 1. The van der Waals surface area contributed by atoms with Crippen LogP contribution in [0.25, 0.3) is 0 Å². The van der Waals surface area contributed by atoms with E-state index < -0.39 is 21.9 Å². The Bertz CT molecular complexity index is 1000. The van der Waals surface area contributed by atoms with Crippen molar-refractivity contribution in [2.75, 3.05) is 18.4 Å². The number of carbonyl (C=O) groups excluding carboxylic acids is 1. The van der Waals surface area contributed by atoms with E-state index in [0.29, 0.717) is 18.7 Å². The molecule has 1 aromatic carbocycles. The molecule has 8 heteroatoms. The number of nitrogens with zero attached hydrogens (tertiary/aromatic N) is 1. The molecule has 31 heavy (non-hydrogen) atoms. The zero-order valence-electron chi connectivity index (χ0n) is 18.1. The molecule has 7 nitrogen and oxygen atoms in total. The van der Waals surface area contributed by atoms with Crippen LogP contribution in [0.5, 0.6) is 0 Å². The van der Waals surface area contributed by atoms with Crippen molar-refractivity contribution in [1.29, 1.82) is 0 Å². The molecular formula is C23H30N2O5S. The summed E-state index contributed by atoms with van der Waals surface area (Å²) in [5.41, 5.74) is 1.49. The number of nitrogens with one attached hydrogen (secondary N) is 1. The van der Waals surface area contributed by atoms with Gasteiger partial charge in [0.15, 0.2) is 0 Å². The van der Waals surface area contributed by atoms with E-state index in [4.69, 9.17) is 0 Å². The van der Waals surface area contributed by atoms with Gasteiger partial charge in [-0.2, -0.15) is 4.31 Å². The fourth-order valence-electron chi connectivity index (χ4n) is 3.29. The molecule has 1 amide bonds. The molecule has 0 bridgehead atoms. The standard InChI is InChI=1S/C23H30N2O5S/c1-17(16-22(26)24-21-12-11-18(2)15-20(21)23(27)28)9-8-10-19(3)31(29,30)25-13-6-4-5-7-14-25/h8-12,15H,1,4-7,13-14,16H2,2-3H3,(H,24,26)(H,27,28)/b9-8-,19-10+. The summed E-state index contributed by atoms with van der Waals surface area (Å²) in [6, 6.07) is 4.76. The summed E-state index contributed by atoms with van der Waals surface area (Å²) in [7, 11) is -3.48. The van der Waals surface area contributed by atoms with Crippen LogP contribution in [-0.4, -0.2) is 42.8 Å². The average molecular weight is 447 g/mol. The van der Waals surface area contributed by atoms with Crippen molar-refractivity contribution >= 4 is 27.6 Å². The molecular weight excluding hydrogens is 416 g/mol. The summed E-state index contributed by atoms with van der Waals surface area (Å²) in [6.07, 6.45) is 8.45. The van der Waals surface area contributed by atoms with E-state index in [1.54, 1.807) is 38.1 Å². The van der Waals surface area contributed by atoms with Crippen molar-refractivity contribution in [3.8, 4) is 0 Å². The van der Waals surface area contributed by atoms with Crippen molar-refractivity contribution in [2.45, 2.75) is 46.0 Å². The van der Waals surface area contributed by atoms with E-state index in [1.807, 2.05) is 0 Å². The molecule has 0 aliphatic carbocycles. The van der Waals surface area contributed by atoms with Gasteiger partial charge in [-0.15, -0.1) is 0 Å². The molecule has 0 spiro atoms. The highest BCUT2D eigenvalue weighted by Crippen LogP contribution is 2.20. The summed E-state index contributed by atoms with van der Waals surface area (Å²) in [6.45, 7) is 8.23. The van der Waals surface area contributed by atoms with Gasteiger partial charge >= 0.3 is 5.97 Å². The number of hydrogen-bond donors (Lipinski definition) is 2. The number of carbonyl (C=O) groups is 2. The van der Waals surface area contributed by atoms with Gasteiger partial charge in [-0.25, -0.2) is 13.2 Å². The molecule has 0 radical (unpaired) electrons. The molecule has 1 aromatic rings. The number of anilines is 1. The predicted octanol–water partition coefficient (Wildman–Crippen LogP) is 4.24. The van der Waals surface area contributed by atoms with Gasteiger partial charge in [0.2, 0.25) is 15.9 Å². The van der Waals surface area contributed by atoms with E-state index in [-0.39, 0.29) is 22.6 Å². The summed E-state index contributed by atoms with van der Waals surface area (Å²) in [5, 5.41) is 11.9. The molecule has 0 unspecified atom stereocenters. The predicted molar refractivity (Wildman–Crippen MR) is 122 cm³/mol. The fraction of sp³-hybridized carbons (Fsp3) is 0.391. The van der Waals surface area contributed by atoms with E-state index in [1.165, 1.54) is 16.4 Å². The Hall–Kier alpha value is -2.71. The lowest BCUT2D eigenvalue weighted by Crippen LogP contribution is -2.32. The zero-order chi connectivity index (χ0) is 23.0. The number of aromatic carboxylic acids is 1. The molecule has 1 saturated heterocycles. The summed E-state index contributed by atoms with van der Waals surface area (Å²) in [5.74, 6) is -1.53. The van der Waals surface area contributed by atoms with Gasteiger partial charge in [-0.3, -0.25) is 4.79 Å². The minimum atomic E-state index is -3.48. The Morgan fingerprint density at radius 2 is 1.84 bits per heavy atom. The van der Waals surface area contributed by atoms with Crippen molar-refractivity contribution in [3.63, 3.8) is 0 Å². The van der Waals surface area contributed by atoms with Crippen LogP contribution in [0.1, 0.15) is 54.9 Å². The van der Waals surface area contributed by atoms with E-state index in [9.17, 15) is 23.1 Å². The van der Waals surface area contributed by atoms with Crippen molar-refractivity contribution in [3.05, 3.63) is 64.6 Å². The minimum absolute atomic E-state index is 0.0202. The average Bonchev–Trinajstić information content (AvgIpc) is 2.99. The monoisotopic (exact) mass is 446 g/mol. The third-order valence-corrected chi connectivity index (χ3v) is 7.04. The Morgan fingerprint density at radius 3 is 2.45 bits per heavy atom. The minimum Gasteiger partial charge on any atom is -0.478 e. The number of amides is 1. The molecule has 0 atom stereocenters. The molecule has 168 valence electrons. The first-order valence-electron chi connectivity index (χ1n) is 10.3. The second kappa shape index (κ2) is 11.1. The number of allylic oxidation sites excluding steroid dienone is 4. The van der Waals surface area contributed by atoms with Crippen LogP contribution in [0.4, 0.5) is 5.69 Å². The van der Waals surface area contributed by atoms with Gasteiger partial charge in [0.25, 0.3) is 0 Å². The lowest BCUT2D eigenvalue weighted by Gasteiger charge is -2.19. The maximum absolute atomic E-state index is 12.7. The second-order valence-corrected chi connectivity index (χ2v) is 9.80. The largest absolute Gasteiger partial charge is 0.478 e. The van der Waals surface area contributed by atoms with Crippen molar-refractivity contribution < 1.29 is 23.1 Å². The molecule has 2 N–H and O–H groups in total. The van der Waals surface area contributed by atoms with Crippen molar-refractivity contribution in [1.82, 2.24) is 4.31 Å². The first-order valence-corrected chi connectivity index (χ1v) is 11.7. The molecule has 1 aliphatic heterocycles. The highest BCUT2D eigenvalue weighted by Gasteiger charge is 2.24. The fourth-order valence-corrected chi connectivity index (χ4v) is 4.69. The molecule has 0 saturated carbocycles. The molecule has 1 heterocycles. The Morgan fingerprint density at radius 1 is 1.19 bits per heavy atom. The Balaban J connectivity index is 1.97. The van der Waals surface area contributed by atoms with Gasteiger partial charge in [-0.1, -0.05) is 43.2 Å². The van der Waals surface area contributed by atoms with E-state index >= 15 is 0 Å². The number of rotatable bonds is 8. The Labute approximate surface area is 184 Å². The van der Waals surface area contributed by atoms with Crippen LogP contribution in [0.3, 0.4) is 0 Å². The molecule has 2 rings (SSSR count). The van der Waals surface area contributed by atoms with Crippen LogP contribution in [-0.2, 0) is 14.8 Å². The van der Waals surface area contributed by atoms with Gasteiger partial charge < -0.3 is 10.4 Å². The first kappa shape index (κ1) is 24.6. The zero-order valence-corrected chi connectivity index (χ0v) is 18.9. The van der Waals surface area contributed by atoms with Crippen LogP contribution in [0, 0.1) is 6.92 Å². The highest BCUT2D eigenvalue weighted by molar-refractivity contribution is 7.93. The topological polar surface area (TPSA) is 104 Å². The first-order chi connectivity index (χ1) is 14.6. The lowest BCUT2D eigenvalue weighted by atomic mass is 10.1. The maximum Gasteiger partial charge on any atom is 0.337 e. The number of aryl methyl sites for hydroxylation is 1. The third-order valence-electron chi connectivity index (χ3n) is 5.04. The normalized spacial score (nSPS) is 16.1. The lowest BCUT2D eigenvalue weighted by molar-refractivity contribution is -0.115. The smallest absolute Gasteiger partial charge is 0.337 e. The van der Waals surface area contributed by atoms with Crippen molar-refractivity contribution in [2.24, 2.45) is 0 Å². The van der Waals surface area contributed by atoms with Crippen LogP contribution in [0.2, 0.25) is 0 Å². The van der Waals surface area contributed by atoms with E-state index in [2.05, 4.69) is 11.9 Å².